The molecule has 2 aromatic rings. The Kier molecular flexibility index (Phi) is 4.59. The van der Waals surface area contributed by atoms with Gasteiger partial charge in [-0.15, -0.1) is 0 Å². The number of aryl methyl sites for hydroxylation is 1. The highest BCUT2D eigenvalue weighted by Gasteiger charge is 2.29. The van der Waals surface area contributed by atoms with Crippen LogP contribution in [0.4, 0.5) is 10.1 Å². The number of piperidine rings is 1. The van der Waals surface area contributed by atoms with Crippen molar-refractivity contribution in [3.63, 3.8) is 0 Å². The van der Waals surface area contributed by atoms with Crippen molar-refractivity contribution < 1.29 is 14.0 Å². The van der Waals surface area contributed by atoms with Gasteiger partial charge in [0.15, 0.2) is 0 Å². The molecule has 2 amide bonds. The molecular formula is C17H19FN4O2. The van der Waals surface area contributed by atoms with E-state index in [1.54, 1.807) is 29.0 Å². The van der Waals surface area contributed by atoms with Crippen LogP contribution in [0.25, 0.3) is 0 Å². The van der Waals surface area contributed by atoms with Gasteiger partial charge in [0, 0.05) is 31.9 Å². The van der Waals surface area contributed by atoms with Gasteiger partial charge in [0.1, 0.15) is 5.82 Å². The van der Waals surface area contributed by atoms with Crippen LogP contribution < -0.4 is 5.32 Å². The van der Waals surface area contributed by atoms with Crippen molar-refractivity contribution in [2.75, 3.05) is 18.4 Å². The second-order valence-corrected chi connectivity index (χ2v) is 5.99. The highest BCUT2D eigenvalue weighted by Crippen LogP contribution is 2.20. The lowest BCUT2D eigenvalue weighted by molar-refractivity contribution is -0.121. The van der Waals surface area contributed by atoms with E-state index >= 15 is 0 Å². The first kappa shape index (κ1) is 16.2. The molecule has 1 aromatic heterocycles. The maximum absolute atomic E-state index is 13.0. The van der Waals surface area contributed by atoms with Crippen LogP contribution in [-0.2, 0) is 11.8 Å². The van der Waals surface area contributed by atoms with E-state index in [1.807, 2.05) is 0 Å². The molecule has 0 saturated carbocycles. The Morgan fingerprint density at radius 1 is 1.29 bits per heavy atom. The summed E-state index contributed by atoms with van der Waals surface area (Å²) < 4.78 is 14.6. The SMILES string of the molecule is Cn1cc(NC(=O)[C@H]2CCCN(C(=O)c3ccc(F)cc3)C2)cn1. The van der Waals surface area contributed by atoms with Gasteiger partial charge in [0.2, 0.25) is 5.91 Å². The molecule has 0 aliphatic carbocycles. The van der Waals surface area contributed by atoms with Gasteiger partial charge in [-0.05, 0) is 37.1 Å². The topological polar surface area (TPSA) is 67.2 Å². The number of rotatable bonds is 3. The number of halogens is 1. The fraction of sp³-hybridized carbons (Fsp3) is 0.353. The Morgan fingerprint density at radius 2 is 2.04 bits per heavy atom. The predicted molar refractivity (Wildman–Crippen MR) is 86.9 cm³/mol. The van der Waals surface area contributed by atoms with E-state index in [0.717, 1.165) is 12.8 Å². The third-order valence-electron chi connectivity index (χ3n) is 4.14. The van der Waals surface area contributed by atoms with E-state index in [2.05, 4.69) is 10.4 Å². The lowest BCUT2D eigenvalue weighted by atomic mass is 9.96. The van der Waals surface area contributed by atoms with Gasteiger partial charge in [0.05, 0.1) is 17.8 Å². The smallest absolute Gasteiger partial charge is 0.253 e. The lowest BCUT2D eigenvalue weighted by Gasteiger charge is -2.32. The van der Waals surface area contributed by atoms with Crippen LogP contribution in [0.5, 0.6) is 0 Å². The Hall–Kier alpha value is -2.70. The number of carbonyl (C=O) groups is 2. The van der Waals surface area contributed by atoms with E-state index in [9.17, 15) is 14.0 Å². The van der Waals surface area contributed by atoms with Crippen molar-refractivity contribution in [2.45, 2.75) is 12.8 Å². The third kappa shape index (κ3) is 3.61. The molecule has 3 rings (SSSR count). The molecule has 24 heavy (non-hydrogen) atoms. The number of hydrogen-bond acceptors (Lipinski definition) is 3. The normalized spacial score (nSPS) is 17.6. The average Bonchev–Trinajstić information content (AvgIpc) is 3.00. The maximum Gasteiger partial charge on any atom is 0.253 e. The van der Waals surface area contributed by atoms with Gasteiger partial charge in [-0.3, -0.25) is 14.3 Å². The van der Waals surface area contributed by atoms with Gasteiger partial charge in [-0.2, -0.15) is 5.10 Å². The summed E-state index contributed by atoms with van der Waals surface area (Å²) in [7, 11) is 1.78. The van der Waals surface area contributed by atoms with Crippen LogP contribution in [0.15, 0.2) is 36.7 Å². The first-order valence-electron chi connectivity index (χ1n) is 7.87. The zero-order chi connectivity index (χ0) is 17.1. The molecule has 7 heteroatoms. The summed E-state index contributed by atoms with van der Waals surface area (Å²) >= 11 is 0. The number of aromatic nitrogens is 2. The zero-order valence-corrected chi connectivity index (χ0v) is 13.4. The van der Waals surface area contributed by atoms with Crippen LogP contribution >= 0.6 is 0 Å². The molecule has 1 fully saturated rings. The second-order valence-electron chi connectivity index (χ2n) is 5.99. The summed E-state index contributed by atoms with van der Waals surface area (Å²) in [5.41, 5.74) is 1.08. The van der Waals surface area contributed by atoms with Crippen molar-refractivity contribution in [3.05, 3.63) is 48.0 Å². The van der Waals surface area contributed by atoms with Crippen molar-refractivity contribution in [2.24, 2.45) is 13.0 Å². The Bertz CT molecular complexity index is 741. The molecule has 1 atom stereocenters. The number of nitrogens with zero attached hydrogens (tertiary/aromatic N) is 3. The maximum atomic E-state index is 13.0. The van der Waals surface area contributed by atoms with E-state index in [0.29, 0.717) is 24.3 Å². The quantitative estimate of drug-likeness (QED) is 0.936. The number of hydrogen-bond donors (Lipinski definition) is 1. The molecule has 2 heterocycles. The molecule has 1 aliphatic heterocycles. The molecular weight excluding hydrogens is 311 g/mol. The molecule has 0 bridgehead atoms. The number of anilines is 1. The van der Waals surface area contributed by atoms with E-state index in [4.69, 9.17) is 0 Å². The molecule has 1 aromatic carbocycles. The molecule has 126 valence electrons. The van der Waals surface area contributed by atoms with E-state index in [1.165, 1.54) is 24.3 Å². The highest BCUT2D eigenvalue weighted by molar-refractivity contribution is 5.96. The largest absolute Gasteiger partial charge is 0.338 e. The summed E-state index contributed by atoms with van der Waals surface area (Å²) in [6.07, 6.45) is 4.81. The van der Waals surface area contributed by atoms with Crippen molar-refractivity contribution in [1.29, 1.82) is 0 Å². The Labute approximate surface area is 139 Å². The van der Waals surface area contributed by atoms with Gasteiger partial charge in [-0.25, -0.2) is 4.39 Å². The van der Waals surface area contributed by atoms with Gasteiger partial charge < -0.3 is 10.2 Å². The van der Waals surface area contributed by atoms with Gasteiger partial charge >= 0.3 is 0 Å². The van der Waals surface area contributed by atoms with E-state index < -0.39 is 0 Å². The average molecular weight is 330 g/mol. The fourth-order valence-corrected chi connectivity index (χ4v) is 2.88. The minimum Gasteiger partial charge on any atom is -0.338 e. The first-order valence-corrected chi connectivity index (χ1v) is 7.87. The number of benzene rings is 1. The number of amides is 2. The molecule has 0 spiro atoms. The molecule has 1 saturated heterocycles. The Morgan fingerprint density at radius 3 is 2.71 bits per heavy atom. The molecule has 1 aliphatic rings. The Balaban J connectivity index is 1.64. The minimum atomic E-state index is -0.376. The summed E-state index contributed by atoms with van der Waals surface area (Å²) in [6.45, 7) is 0.967. The second kappa shape index (κ2) is 6.82. The molecule has 0 unspecified atom stereocenters. The van der Waals surface area contributed by atoms with Crippen LogP contribution in [0.1, 0.15) is 23.2 Å². The minimum absolute atomic E-state index is 0.111. The van der Waals surface area contributed by atoms with Crippen molar-refractivity contribution in [3.8, 4) is 0 Å². The fourth-order valence-electron chi connectivity index (χ4n) is 2.88. The van der Waals surface area contributed by atoms with Crippen molar-refractivity contribution >= 4 is 17.5 Å². The van der Waals surface area contributed by atoms with Gasteiger partial charge in [0.25, 0.3) is 5.91 Å². The summed E-state index contributed by atoms with van der Waals surface area (Å²) in [5, 5.41) is 6.84. The van der Waals surface area contributed by atoms with Crippen LogP contribution in [0.2, 0.25) is 0 Å². The predicted octanol–water partition coefficient (Wildman–Crippen LogP) is 2.05. The molecule has 6 nitrogen and oxygen atoms in total. The number of likely N-dealkylation sites (tertiary alicyclic amines) is 1. The third-order valence-corrected chi connectivity index (χ3v) is 4.14. The summed E-state index contributed by atoms with van der Waals surface area (Å²) in [5.74, 6) is -0.921. The van der Waals surface area contributed by atoms with E-state index in [-0.39, 0.29) is 23.5 Å². The molecule has 1 N–H and O–H groups in total. The first-order chi connectivity index (χ1) is 11.5. The van der Waals surface area contributed by atoms with Crippen LogP contribution in [0, 0.1) is 11.7 Å². The number of carbonyl (C=O) groups excluding carboxylic acids is 2. The lowest BCUT2D eigenvalue weighted by Crippen LogP contribution is -2.43. The monoisotopic (exact) mass is 330 g/mol. The van der Waals surface area contributed by atoms with Gasteiger partial charge in [-0.1, -0.05) is 0 Å². The summed E-state index contributed by atoms with van der Waals surface area (Å²) in [6, 6.07) is 5.47. The van der Waals surface area contributed by atoms with Crippen LogP contribution in [-0.4, -0.2) is 39.6 Å². The summed E-state index contributed by atoms with van der Waals surface area (Å²) in [4.78, 5) is 26.5. The van der Waals surface area contributed by atoms with Crippen LogP contribution in [0.3, 0.4) is 0 Å². The number of nitrogens with one attached hydrogen (secondary N) is 1. The van der Waals surface area contributed by atoms with Crippen molar-refractivity contribution in [1.82, 2.24) is 14.7 Å². The standard InChI is InChI=1S/C17H19FN4O2/c1-21-11-15(9-19-21)20-16(23)13-3-2-8-22(10-13)17(24)12-4-6-14(18)7-5-12/h4-7,9,11,13H,2-3,8,10H2,1H3,(H,20,23)/t13-/m0/s1. The molecule has 0 radical (unpaired) electrons. The highest BCUT2D eigenvalue weighted by atomic mass is 19.1. The zero-order valence-electron chi connectivity index (χ0n) is 13.4.